The predicted molar refractivity (Wildman–Crippen MR) is 99.1 cm³/mol. The molecular formula is C18H21Cl2N3O. The Kier molecular flexibility index (Phi) is 5.16. The molecule has 4 nitrogen and oxygen atoms in total. The van der Waals surface area contributed by atoms with Crippen molar-refractivity contribution in [1.29, 1.82) is 0 Å². The average molecular weight is 366 g/mol. The zero-order valence-electron chi connectivity index (χ0n) is 14.0. The Balaban J connectivity index is 0.000000815. The predicted octanol–water partition coefficient (Wildman–Crippen LogP) is 4.87. The van der Waals surface area contributed by atoms with Crippen LogP contribution in [0, 0.1) is 0 Å². The molecule has 0 saturated carbocycles. The number of rotatable bonds is 1. The number of halogens is 2. The van der Waals surface area contributed by atoms with E-state index < -0.39 is 0 Å². The first-order chi connectivity index (χ1) is 11.6. The maximum atomic E-state index is 6.50. The molecule has 4 rings (SSSR count). The fraction of sp³-hybridized carbons (Fsp3) is 0.444. The van der Waals surface area contributed by atoms with Crippen molar-refractivity contribution in [3.8, 4) is 17.0 Å². The first kappa shape index (κ1) is 17.3. The highest BCUT2D eigenvalue weighted by Crippen LogP contribution is 2.45. The van der Waals surface area contributed by atoms with Crippen LogP contribution in [0.15, 0.2) is 6.07 Å². The largest absolute Gasteiger partial charge is 0.491 e. The van der Waals surface area contributed by atoms with Gasteiger partial charge in [0.15, 0.2) is 0 Å². The number of fused-ring (bicyclic) bond motifs is 2. The lowest BCUT2D eigenvalue weighted by Gasteiger charge is -2.20. The number of anilines is 1. The van der Waals surface area contributed by atoms with Gasteiger partial charge in [-0.2, -0.15) is 0 Å². The minimum Gasteiger partial charge on any atom is -0.491 e. The summed E-state index contributed by atoms with van der Waals surface area (Å²) in [6.45, 7) is 4.62. The van der Waals surface area contributed by atoms with Crippen LogP contribution in [0.1, 0.15) is 43.5 Å². The van der Waals surface area contributed by atoms with Gasteiger partial charge in [-0.15, -0.1) is 0 Å². The van der Waals surface area contributed by atoms with E-state index in [-0.39, 0.29) is 0 Å². The van der Waals surface area contributed by atoms with E-state index in [0.29, 0.717) is 22.6 Å². The number of hydrogen-bond acceptors (Lipinski definition) is 4. The SMILES string of the molecule is CC.Nc1nc2c(c(-c3c(Cl)cc(Cl)c4c3CCO4)n1)CCCC2. The second-order valence-corrected chi connectivity index (χ2v) is 6.50. The zero-order chi connectivity index (χ0) is 17.3. The molecule has 2 aliphatic rings. The van der Waals surface area contributed by atoms with Crippen molar-refractivity contribution in [1.82, 2.24) is 9.97 Å². The Hall–Kier alpha value is -1.52. The summed E-state index contributed by atoms with van der Waals surface area (Å²) in [5.41, 5.74) is 10.9. The van der Waals surface area contributed by atoms with Gasteiger partial charge >= 0.3 is 0 Å². The van der Waals surface area contributed by atoms with Gasteiger partial charge in [0, 0.05) is 28.8 Å². The third-order valence-electron chi connectivity index (χ3n) is 4.32. The van der Waals surface area contributed by atoms with Gasteiger partial charge in [0.25, 0.3) is 0 Å². The molecular weight excluding hydrogens is 345 g/mol. The molecule has 2 N–H and O–H groups in total. The summed E-state index contributed by atoms with van der Waals surface area (Å²) in [6, 6.07) is 1.73. The Morgan fingerprint density at radius 3 is 2.54 bits per heavy atom. The molecule has 2 aromatic rings. The van der Waals surface area contributed by atoms with Crippen molar-refractivity contribution in [3.05, 3.63) is 32.9 Å². The summed E-state index contributed by atoms with van der Waals surface area (Å²) in [6.07, 6.45) is 4.96. The minimum absolute atomic E-state index is 0.300. The van der Waals surface area contributed by atoms with Gasteiger partial charge < -0.3 is 10.5 Å². The summed E-state index contributed by atoms with van der Waals surface area (Å²) in [7, 11) is 0. The molecule has 1 aliphatic heterocycles. The van der Waals surface area contributed by atoms with Gasteiger partial charge in [-0.25, -0.2) is 9.97 Å². The number of nitrogens with two attached hydrogens (primary N) is 1. The quantitative estimate of drug-likeness (QED) is 0.782. The zero-order valence-corrected chi connectivity index (χ0v) is 15.5. The molecule has 24 heavy (non-hydrogen) atoms. The molecule has 0 spiro atoms. The van der Waals surface area contributed by atoms with Gasteiger partial charge in [-0.3, -0.25) is 0 Å². The molecule has 1 aromatic heterocycles. The molecule has 6 heteroatoms. The lowest BCUT2D eigenvalue weighted by Crippen LogP contribution is -2.12. The third kappa shape index (κ3) is 2.93. The van der Waals surface area contributed by atoms with Crippen molar-refractivity contribution in [2.24, 2.45) is 0 Å². The molecule has 0 unspecified atom stereocenters. The summed E-state index contributed by atoms with van der Waals surface area (Å²) < 4.78 is 5.66. The standard InChI is InChI=1S/C16H15Cl2N3O.C2H6/c17-10-7-11(18)15-9(5-6-22-15)13(10)14-8-3-1-2-4-12(8)20-16(19)21-14;1-2/h7H,1-6H2,(H2,19,20,21);1-2H3. The van der Waals surface area contributed by atoms with Crippen LogP contribution in [-0.2, 0) is 19.3 Å². The highest BCUT2D eigenvalue weighted by atomic mass is 35.5. The number of aryl methyl sites for hydroxylation is 1. The average Bonchev–Trinajstić information content (AvgIpc) is 3.06. The number of nitrogen functional groups attached to an aromatic ring is 1. The van der Waals surface area contributed by atoms with Crippen LogP contribution in [-0.4, -0.2) is 16.6 Å². The molecule has 0 saturated heterocycles. The van der Waals surface area contributed by atoms with Gasteiger partial charge in [-0.1, -0.05) is 37.0 Å². The van der Waals surface area contributed by atoms with E-state index in [1.807, 2.05) is 13.8 Å². The number of benzene rings is 1. The number of ether oxygens (including phenoxy) is 1. The Labute approximate surface area is 152 Å². The first-order valence-corrected chi connectivity index (χ1v) is 9.20. The fourth-order valence-electron chi connectivity index (χ4n) is 3.38. The lowest BCUT2D eigenvalue weighted by molar-refractivity contribution is 0.357. The molecule has 1 aliphatic carbocycles. The van der Waals surface area contributed by atoms with Crippen LogP contribution in [0.3, 0.4) is 0 Å². The van der Waals surface area contributed by atoms with Crippen molar-refractivity contribution in [2.75, 3.05) is 12.3 Å². The molecule has 0 atom stereocenters. The fourth-order valence-corrected chi connectivity index (χ4v) is 4.02. The van der Waals surface area contributed by atoms with Crippen LogP contribution in [0.5, 0.6) is 5.75 Å². The first-order valence-electron chi connectivity index (χ1n) is 8.44. The number of hydrogen-bond donors (Lipinski definition) is 1. The maximum absolute atomic E-state index is 6.50. The van der Waals surface area contributed by atoms with E-state index in [1.165, 1.54) is 5.56 Å². The Morgan fingerprint density at radius 1 is 1.00 bits per heavy atom. The van der Waals surface area contributed by atoms with Crippen molar-refractivity contribution in [2.45, 2.75) is 46.0 Å². The van der Waals surface area contributed by atoms with Crippen LogP contribution >= 0.6 is 23.2 Å². The number of aromatic nitrogens is 2. The lowest BCUT2D eigenvalue weighted by atomic mass is 9.90. The highest BCUT2D eigenvalue weighted by molar-refractivity contribution is 6.37. The van der Waals surface area contributed by atoms with Crippen LogP contribution in [0.25, 0.3) is 11.3 Å². The van der Waals surface area contributed by atoms with Crippen molar-refractivity contribution >= 4 is 29.2 Å². The number of nitrogens with zero attached hydrogens (tertiary/aromatic N) is 2. The third-order valence-corrected chi connectivity index (χ3v) is 4.90. The van der Waals surface area contributed by atoms with Crippen LogP contribution < -0.4 is 10.5 Å². The molecule has 0 bridgehead atoms. The summed E-state index contributed by atoms with van der Waals surface area (Å²) in [4.78, 5) is 8.92. The second kappa shape index (κ2) is 7.16. The van der Waals surface area contributed by atoms with Crippen molar-refractivity contribution in [3.63, 3.8) is 0 Å². The Morgan fingerprint density at radius 2 is 1.75 bits per heavy atom. The maximum Gasteiger partial charge on any atom is 0.220 e. The van der Waals surface area contributed by atoms with E-state index in [0.717, 1.165) is 60.4 Å². The second-order valence-electron chi connectivity index (χ2n) is 5.68. The highest BCUT2D eigenvalue weighted by Gasteiger charge is 2.27. The van der Waals surface area contributed by atoms with Gasteiger partial charge in [0.2, 0.25) is 5.95 Å². The monoisotopic (exact) mass is 365 g/mol. The van der Waals surface area contributed by atoms with Crippen molar-refractivity contribution < 1.29 is 4.74 Å². The summed E-state index contributed by atoms with van der Waals surface area (Å²) in [5, 5.41) is 1.15. The molecule has 0 fully saturated rings. The van der Waals surface area contributed by atoms with Gasteiger partial charge in [0.05, 0.1) is 22.3 Å². The van der Waals surface area contributed by atoms with Gasteiger partial charge in [0.1, 0.15) is 5.75 Å². The summed E-state index contributed by atoms with van der Waals surface area (Å²) >= 11 is 12.7. The van der Waals surface area contributed by atoms with E-state index in [9.17, 15) is 0 Å². The van der Waals surface area contributed by atoms with Crippen LogP contribution in [0.2, 0.25) is 10.0 Å². The van der Waals surface area contributed by atoms with E-state index >= 15 is 0 Å². The smallest absolute Gasteiger partial charge is 0.220 e. The summed E-state index contributed by atoms with van der Waals surface area (Å²) in [5.74, 6) is 1.03. The molecule has 0 amide bonds. The molecule has 128 valence electrons. The normalized spacial score (nSPS) is 15.0. The van der Waals surface area contributed by atoms with E-state index in [4.69, 9.17) is 33.7 Å². The molecule has 1 aromatic carbocycles. The minimum atomic E-state index is 0.300. The van der Waals surface area contributed by atoms with Gasteiger partial charge in [-0.05, 0) is 31.7 Å². The topological polar surface area (TPSA) is 61.0 Å². The van der Waals surface area contributed by atoms with E-state index in [2.05, 4.69) is 9.97 Å². The molecule has 0 radical (unpaired) electrons. The van der Waals surface area contributed by atoms with Crippen LogP contribution in [0.4, 0.5) is 5.95 Å². The van der Waals surface area contributed by atoms with E-state index in [1.54, 1.807) is 6.07 Å². The Bertz CT molecular complexity index is 778. The molecule has 2 heterocycles.